The standard InChI is InChI=1S/C18H24N2O/c1-3-17(20-12-10-19-11-13-20)15-8-9-18(21-2)16-7-5-4-6-14(15)16/h4-9,17,19H,3,10-13H2,1-2H3/t17-/m1/s1. The van der Waals surface area contributed by atoms with Crippen molar-refractivity contribution in [3.63, 3.8) is 0 Å². The van der Waals surface area contributed by atoms with Crippen molar-refractivity contribution in [1.82, 2.24) is 10.2 Å². The van der Waals surface area contributed by atoms with Crippen LogP contribution in [0.3, 0.4) is 0 Å². The third-order valence-corrected chi connectivity index (χ3v) is 4.48. The Morgan fingerprint density at radius 2 is 1.81 bits per heavy atom. The summed E-state index contributed by atoms with van der Waals surface area (Å²) in [7, 11) is 1.75. The normalized spacial score (nSPS) is 17.8. The second kappa shape index (κ2) is 6.46. The van der Waals surface area contributed by atoms with Gasteiger partial charge in [-0.1, -0.05) is 37.3 Å². The molecular weight excluding hydrogens is 260 g/mol. The zero-order valence-corrected chi connectivity index (χ0v) is 12.9. The van der Waals surface area contributed by atoms with Gasteiger partial charge in [-0.05, 0) is 23.4 Å². The monoisotopic (exact) mass is 284 g/mol. The maximum atomic E-state index is 5.52. The van der Waals surface area contributed by atoms with Gasteiger partial charge in [0.1, 0.15) is 5.75 Å². The van der Waals surface area contributed by atoms with E-state index in [2.05, 4.69) is 53.5 Å². The summed E-state index contributed by atoms with van der Waals surface area (Å²) in [6.45, 7) is 6.71. The molecule has 0 radical (unpaired) electrons. The van der Waals surface area contributed by atoms with Gasteiger partial charge in [0.25, 0.3) is 0 Å². The van der Waals surface area contributed by atoms with Gasteiger partial charge in [0, 0.05) is 37.6 Å². The predicted octanol–water partition coefficient (Wildman–Crippen LogP) is 3.20. The van der Waals surface area contributed by atoms with Crippen molar-refractivity contribution >= 4 is 10.8 Å². The molecular formula is C18H24N2O. The summed E-state index contributed by atoms with van der Waals surface area (Å²) >= 11 is 0. The second-order valence-electron chi connectivity index (χ2n) is 5.61. The van der Waals surface area contributed by atoms with Crippen LogP contribution < -0.4 is 10.1 Å². The van der Waals surface area contributed by atoms with Gasteiger partial charge >= 0.3 is 0 Å². The van der Waals surface area contributed by atoms with Crippen molar-refractivity contribution in [1.29, 1.82) is 0 Å². The van der Waals surface area contributed by atoms with Crippen molar-refractivity contribution in [2.45, 2.75) is 19.4 Å². The van der Waals surface area contributed by atoms with E-state index in [4.69, 9.17) is 4.74 Å². The molecule has 112 valence electrons. The van der Waals surface area contributed by atoms with E-state index in [1.54, 1.807) is 7.11 Å². The number of piperazine rings is 1. The molecule has 1 atom stereocenters. The molecule has 1 saturated heterocycles. The van der Waals surface area contributed by atoms with Crippen molar-refractivity contribution < 1.29 is 4.74 Å². The third-order valence-electron chi connectivity index (χ3n) is 4.48. The SMILES string of the molecule is CC[C@H](c1ccc(OC)c2ccccc12)N1CCNCC1. The molecule has 0 unspecified atom stereocenters. The molecule has 2 aromatic rings. The first-order valence-electron chi connectivity index (χ1n) is 7.85. The van der Waals surface area contributed by atoms with Crippen LogP contribution in [0.15, 0.2) is 36.4 Å². The number of methoxy groups -OCH3 is 1. The Balaban J connectivity index is 2.05. The first-order valence-corrected chi connectivity index (χ1v) is 7.85. The molecule has 0 aliphatic carbocycles. The number of nitrogens with one attached hydrogen (secondary N) is 1. The van der Waals surface area contributed by atoms with Crippen molar-refractivity contribution in [3.05, 3.63) is 42.0 Å². The Morgan fingerprint density at radius 3 is 2.48 bits per heavy atom. The summed E-state index contributed by atoms with van der Waals surface area (Å²) in [6, 6.07) is 13.4. The number of benzene rings is 2. The average Bonchev–Trinajstić information content (AvgIpc) is 2.56. The highest BCUT2D eigenvalue weighted by Gasteiger charge is 2.22. The Bertz CT molecular complexity index is 605. The lowest BCUT2D eigenvalue weighted by atomic mass is 9.95. The first-order chi connectivity index (χ1) is 10.3. The number of ether oxygens (including phenoxy) is 1. The number of fused-ring (bicyclic) bond motifs is 1. The highest BCUT2D eigenvalue weighted by molar-refractivity contribution is 5.91. The number of nitrogens with zero attached hydrogens (tertiary/aromatic N) is 1. The van der Waals surface area contributed by atoms with Crippen molar-refractivity contribution in [2.75, 3.05) is 33.3 Å². The fraction of sp³-hybridized carbons (Fsp3) is 0.444. The molecule has 1 N–H and O–H groups in total. The summed E-state index contributed by atoms with van der Waals surface area (Å²) in [5, 5.41) is 5.97. The third kappa shape index (κ3) is 2.76. The van der Waals surface area contributed by atoms with Crippen molar-refractivity contribution in [2.24, 2.45) is 0 Å². The van der Waals surface area contributed by atoms with Gasteiger partial charge < -0.3 is 10.1 Å². The summed E-state index contributed by atoms with van der Waals surface area (Å²) in [6.07, 6.45) is 1.14. The fourth-order valence-electron chi connectivity index (χ4n) is 3.43. The molecule has 0 aromatic heterocycles. The minimum atomic E-state index is 0.489. The highest BCUT2D eigenvalue weighted by atomic mass is 16.5. The Hall–Kier alpha value is -1.58. The van der Waals surface area contributed by atoms with Gasteiger partial charge in [-0.2, -0.15) is 0 Å². The average molecular weight is 284 g/mol. The minimum absolute atomic E-state index is 0.489. The Morgan fingerprint density at radius 1 is 1.10 bits per heavy atom. The van der Waals surface area contributed by atoms with Gasteiger partial charge in [-0.15, -0.1) is 0 Å². The molecule has 0 saturated carbocycles. The van der Waals surface area contributed by atoms with Gasteiger partial charge in [0.05, 0.1) is 7.11 Å². The molecule has 1 aliphatic heterocycles. The number of rotatable bonds is 4. The van der Waals surface area contributed by atoms with Crippen LogP contribution in [0.2, 0.25) is 0 Å². The lowest BCUT2D eigenvalue weighted by Gasteiger charge is -2.35. The largest absolute Gasteiger partial charge is 0.496 e. The molecule has 3 rings (SSSR count). The van der Waals surface area contributed by atoms with Gasteiger partial charge in [-0.25, -0.2) is 0 Å². The van der Waals surface area contributed by atoms with E-state index >= 15 is 0 Å². The maximum Gasteiger partial charge on any atom is 0.126 e. The molecule has 0 amide bonds. The molecule has 1 heterocycles. The summed E-state index contributed by atoms with van der Waals surface area (Å²) in [4.78, 5) is 2.60. The lowest BCUT2D eigenvalue weighted by molar-refractivity contribution is 0.170. The van der Waals surface area contributed by atoms with Crippen LogP contribution in [0.1, 0.15) is 24.9 Å². The van der Waals surface area contributed by atoms with Crippen LogP contribution in [-0.2, 0) is 0 Å². The van der Waals surface area contributed by atoms with E-state index < -0.39 is 0 Å². The summed E-state index contributed by atoms with van der Waals surface area (Å²) < 4.78 is 5.52. The second-order valence-corrected chi connectivity index (χ2v) is 5.61. The molecule has 0 bridgehead atoms. The highest BCUT2D eigenvalue weighted by Crippen LogP contribution is 2.35. The first kappa shape index (κ1) is 14.4. The Kier molecular flexibility index (Phi) is 4.42. The number of hydrogen-bond donors (Lipinski definition) is 1. The van der Waals surface area contributed by atoms with E-state index in [0.29, 0.717) is 6.04 Å². The van der Waals surface area contributed by atoms with Crippen LogP contribution in [0.25, 0.3) is 10.8 Å². The molecule has 1 fully saturated rings. The van der Waals surface area contributed by atoms with Crippen LogP contribution in [0, 0.1) is 0 Å². The van der Waals surface area contributed by atoms with Gasteiger partial charge in [0.15, 0.2) is 0 Å². The van der Waals surface area contributed by atoms with Gasteiger partial charge in [-0.3, -0.25) is 4.90 Å². The maximum absolute atomic E-state index is 5.52. The fourth-order valence-corrected chi connectivity index (χ4v) is 3.43. The zero-order valence-electron chi connectivity index (χ0n) is 12.9. The molecule has 3 nitrogen and oxygen atoms in total. The molecule has 2 aromatic carbocycles. The summed E-state index contributed by atoms with van der Waals surface area (Å²) in [5.41, 5.74) is 1.43. The van der Waals surface area contributed by atoms with E-state index in [-0.39, 0.29) is 0 Å². The minimum Gasteiger partial charge on any atom is -0.496 e. The predicted molar refractivity (Wildman–Crippen MR) is 88.0 cm³/mol. The number of hydrogen-bond acceptors (Lipinski definition) is 3. The van der Waals surface area contributed by atoms with E-state index in [9.17, 15) is 0 Å². The van der Waals surface area contributed by atoms with Gasteiger partial charge in [0.2, 0.25) is 0 Å². The lowest BCUT2D eigenvalue weighted by Crippen LogP contribution is -2.45. The van der Waals surface area contributed by atoms with Crippen molar-refractivity contribution in [3.8, 4) is 5.75 Å². The quantitative estimate of drug-likeness (QED) is 0.933. The Labute approximate surface area is 126 Å². The summed E-state index contributed by atoms with van der Waals surface area (Å²) in [5.74, 6) is 0.963. The van der Waals surface area contributed by atoms with E-state index in [1.807, 2.05) is 0 Å². The molecule has 1 aliphatic rings. The van der Waals surface area contributed by atoms with E-state index in [0.717, 1.165) is 38.3 Å². The molecule has 3 heteroatoms. The van der Waals surface area contributed by atoms with Crippen LogP contribution in [0.4, 0.5) is 0 Å². The molecule has 0 spiro atoms. The smallest absolute Gasteiger partial charge is 0.126 e. The van der Waals surface area contributed by atoms with E-state index in [1.165, 1.54) is 16.3 Å². The van der Waals surface area contributed by atoms with Crippen LogP contribution in [0.5, 0.6) is 5.75 Å². The van der Waals surface area contributed by atoms with Crippen LogP contribution >= 0.6 is 0 Å². The molecule has 21 heavy (non-hydrogen) atoms. The van der Waals surface area contributed by atoms with Crippen LogP contribution in [-0.4, -0.2) is 38.2 Å². The topological polar surface area (TPSA) is 24.5 Å². The zero-order chi connectivity index (χ0) is 14.7.